The quantitative estimate of drug-likeness (QED) is 0.687. The molecule has 3 aromatic rings. The minimum Gasteiger partial charge on any atom is -0.305 e. The summed E-state index contributed by atoms with van der Waals surface area (Å²) >= 11 is 1.60. The Morgan fingerprint density at radius 2 is 2.03 bits per heavy atom. The zero-order valence-corrected chi connectivity index (χ0v) is 17.5. The van der Waals surface area contributed by atoms with Crippen LogP contribution < -0.4 is 5.56 Å². The lowest BCUT2D eigenvalue weighted by Gasteiger charge is -2.27. The molecule has 0 amide bonds. The van der Waals surface area contributed by atoms with Crippen molar-refractivity contribution in [1.82, 2.24) is 14.9 Å². The molecule has 2 aromatic heterocycles. The van der Waals surface area contributed by atoms with Crippen LogP contribution in [0.1, 0.15) is 41.2 Å². The summed E-state index contributed by atoms with van der Waals surface area (Å²) in [5.74, 6) is 0.452. The van der Waals surface area contributed by atoms with Crippen LogP contribution >= 0.6 is 11.3 Å². The van der Waals surface area contributed by atoms with E-state index in [1.807, 2.05) is 18.2 Å². The van der Waals surface area contributed by atoms with Gasteiger partial charge in [0.05, 0.1) is 17.0 Å². The molecule has 7 heteroatoms. The molecule has 2 aliphatic heterocycles. The van der Waals surface area contributed by atoms with E-state index in [0.717, 1.165) is 72.0 Å². The Balaban J connectivity index is 1.32. The molecule has 0 radical (unpaired) electrons. The summed E-state index contributed by atoms with van der Waals surface area (Å²) in [6.07, 6.45) is 3.85. The number of aromatic amines is 1. The van der Waals surface area contributed by atoms with Crippen molar-refractivity contribution >= 4 is 17.0 Å². The van der Waals surface area contributed by atoms with E-state index in [1.165, 1.54) is 6.07 Å². The largest absolute Gasteiger partial charge is 0.305 e. The smallest absolute Gasteiger partial charge is 0.255 e. The molecule has 5 nitrogen and oxygen atoms in total. The van der Waals surface area contributed by atoms with Crippen LogP contribution in [0.3, 0.4) is 0 Å². The van der Waals surface area contributed by atoms with E-state index in [1.54, 1.807) is 17.4 Å². The number of halogens is 1. The molecular formula is C23H23FN4OS. The Morgan fingerprint density at radius 1 is 1.13 bits per heavy atom. The van der Waals surface area contributed by atoms with Crippen molar-refractivity contribution in [3.05, 3.63) is 74.5 Å². The van der Waals surface area contributed by atoms with Crippen LogP contribution in [-0.2, 0) is 19.5 Å². The summed E-state index contributed by atoms with van der Waals surface area (Å²) < 4.78 is 14.1. The average Bonchev–Trinajstić information content (AvgIpc) is 3.23. The Hall–Kier alpha value is -2.64. The summed E-state index contributed by atoms with van der Waals surface area (Å²) in [4.78, 5) is 29.3. The number of fused-ring (bicyclic) bond motifs is 1. The number of rotatable bonds is 4. The van der Waals surface area contributed by atoms with Crippen LogP contribution in [-0.4, -0.2) is 33.7 Å². The van der Waals surface area contributed by atoms with E-state index < -0.39 is 0 Å². The molecule has 2 aliphatic rings. The van der Waals surface area contributed by atoms with Crippen molar-refractivity contribution in [2.45, 2.75) is 38.8 Å². The fourth-order valence-corrected chi connectivity index (χ4v) is 5.21. The predicted octanol–water partition coefficient (Wildman–Crippen LogP) is 4.17. The summed E-state index contributed by atoms with van der Waals surface area (Å²) in [7, 11) is 0. The molecule has 5 rings (SSSR count). The van der Waals surface area contributed by atoms with Gasteiger partial charge in [0.2, 0.25) is 0 Å². The number of H-pyrrole nitrogens is 1. The van der Waals surface area contributed by atoms with E-state index >= 15 is 0 Å². The molecule has 0 aliphatic carbocycles. The van der Waals surface area contributed by atoms with Crippen LogP contribution in [0.25, 0.3) is 10.4 Å². The maximum Gasteiger partial charge on any atom is 0.255 e. The lowest BCUT2D eigenvalue weighted by Crippen LogP contribution is -2.36. The first kappa shape index (κ1) is 19.3. The monoisotopic (exact) mass is 422 g/mol. The Kier molecular flexibility index (Phi) is 5.31. The summed E-state index contributed by atoms with van der Waals surface area (Å²) in [6.45, 7) is 2.99. The molecule has 0 unspecified atom stereocenters. The molecule has 0 spiro atoms. The lowest BCUT2D eigenvalue weighted by molar-refractivity contribution is 0.244. The first-order valence-corrected chi connectivity index (χ1v) is 11.2. The fourth-order valence-electron chi connectivity index (χ4n) is 4.13. The van der Waals surface area contributed by atoms with E-state index in [0.29, 0.717) is 17.9 Å². The number of aromatic nitrogens is 2. The third-order valence-corrected chi connectivity index (χ3v) is 6.83. The molecule has 154 valence electrons. The number of nitrogens with zero attached hydrogens (tertiary/aromatic N) is 3. The second-order valence-corrected chi connectivity index (χ2v) is 9.00. The lowest BCUT2D eigenvalue weighted by atomic mass is 10.1. The highest BCUT2D eigenvalue weighted by Crippen LogP contribution is 2.31. The number of benzene rings is 1. The average molecular weight is 423 g/mol. The molecule has 30 heavy (non-hydrogen) atoms. The van der Waals surface area contributed by atoms with Gasteiger partial charge in [0, 0.05) is 47.9 Å². The molecular weight excluding hydrogens is 399 g/mol. The highest BCUT2D eigenvalue weighted by molar-refractivity contribution is 7.15. The van der Waals surface area contributed by atoms with Crippen molar-refractivity contribution in [2.24, 2.45) is 4.99 Å². The third kappa shape index (κ3) is 3.87. The first-order valence-electron chi connectivity index (χ1n) is 10.4. The number of hydrogen-bond acceptors (Lipinski definition) is 5. The Labute approximate surface area is 178 Å². The maximum atomic E-state index is 14.1. The van der Waals surface area contributed by atoms with Crippen LogP contribution in [0.15, 0.2) is 46.2 Å². The van der Waals surface area contributed by atoms with Gasteiger partial charge in [-0.15, -0.1) is 11.3 Å². The van der Waals surface area contributed by atoms with Crippen molar-refractivity contribution < 1.29 is 4.39 Å². The van der Waals surface area contributed by atoms with Crippen LogP contribution in [0, 0.1) is 5.82 Å². The minimum absolute atomic E-state index is 0.0498. The molecule has 1 N–H and O–H groups in total. The fraction of sp³-hybridized carbons (Fsp3) is 0.348. The van der Waals surface area contributed by atoms with E-state index in [-0.39, 0.29) is 11.4 Å². The second kappa shape index (κ2) is 8.24. The van der Waals surface area contributed by atoms with Crippen LogP contribution in [0.5, 0.6) is 0 Å². The van der Waals surface area contributed by atoms with Gasteiger partial charge in [0.25, 0.3) is 5.56 Å². The van der Waals surface area contributed by atoms with Gasteiger partial charge in [-0.05, 0) is 37.5 Å². The van der Waals surface area contributed by atoms with Crippen LogP contribution in [0.2, 0.25) is 0 Å². The van der Waals surface area contributed by atoms with Gasteiger partial charge < -0.3 is 4.98 Å². The van der Waals surface area contributed by atoms with Gasteiger partial charge in [0.15, 0.2) is 5.82 Å². The molecule has 0 saturated heterocycles. The zero-order chi connectivity index (χ0) is 20.5. The number of hydrogen-bond donors (Lipinski definition) is 1. The predicted molar refractivity (Wildman–Crippen MR) is 118 cm³/mol. The molecule has 0 bridgehead atoms. The third-order valence-electron chi connectivity index (χ3n) is 5.73. The van der Waals surface area contributed by atoms with Crippen molar-refractivity contribution in [3.63, 3.8) is 0 Å². The van der Waals surface area contributed by atoms with Crippen molar-refractivity contribution in [2.75, 3.05) is 13.1 Å². The van der Waals surface area contributed by atoms with Gasteiger partial charge in [-0.3, -0.25) is 14.7 Å². The molecule has 4 heterocycles. The highest BCUT2D eigenvalue weighted by atomic mass is 32.1. The van der Waals surface area contributed by atoms with E-state index in [2.05, 4.69) is 20.9 Å². The van der Waals surface area contributed by atoms with Crippen molar-refractivity contribution in [1.29, 1.82) is 0 Å². The molecule has 0 saturated carbocycles. The number of thiophene rings is 1. The van der Waals surface area contributed by atoms with Gasteiger partial charge in [0.1, 0.15) is 5.82 Å². The highest BCUT2D eigenvalue weighted by Gasteiger charge is 2.23. The topological polar surface area (TPSA) is 61.4 Å². The van der Waals surface area contributed by atoms with Gasteiger partial charge in [-0.2, -0.15) is 0 Å². The van der Waals surface area contributed by atoms with Gasteiger partial charge in [-0.25, -0.2) is 9.37 Å². The normalized spacial score (nSPS) is 16.9. The molecule has 1 aromatic carbocycles. The minimum atomic E-state index is -0.200. The maximum absolute atomic E-state index is 14.1. The number of nitrogens with one attached hydrogen (secondary N) is 1. The molecule has 0 atom stereocenters. The first-order chi connectivity index (χ1) is 14.7. The van der Waals surface area contributed by atoms with Crippen LogP contribution in [0.4, 0.5) is 4.39 Å². The van der Waals surface area contributed by atoms with Gasteiger partial charge in [-0.1, -0.05) is 18.2 Å². The standard InChI is InChI=1S/C23H23FN4OS/c24-18-6-2-1-5-16(18)21-9-8-15(30-21)13-28-12-10-19-17(14-28)23(29)27-22(26-19)20-7-3-4-11-25-20/h1-2,5-6,8-9H,3-4,7,10-14H2,(H,26,27,29). The second-order valence-electron chi connectivity index (χ2n) is 7.83. The van der Waals surface area contributed by atoms with E-state index in [9.17, 15) is 9.18 Å². The summed E-state index contributed by atoms with van der Waals surface area (Å²) in [6, 6.07) is 10.9. The molecule has 0 fully saturated rings. The van der Waals surface area contributed by atoms with E-state index in [4.69, 9.17) is 4.98 Å². The Bertz CT molecular complexity index is 1170. The zero-order valence-electron chi connectivity index (χ0n) is 16.7. The summed E-state index contributed by atoms with van der Waals surface area (Å²) in [5.41, 5.74) is 3.18. The summed E-state index contributed by atoms with van der Waals surface area (Å²) in [5, 5.41) is 0. The van der Waals surface area contributed by atoms with Crippen molar-refractivity contribution in [3.8, 4) is 10.4 Å². The Morgan fingerprint density at radius 3 is 2.87 bits per heavy atom. The van der Waals surface area contributed by atoms with Gasteiger partial charge >= 0.3 is 0 Å². The number of aliphatic imine (C=N–C) groups is 1. The SMILES string of the molecule is O=c1[nH]c(C2=NCCCC2)nc2c1CN(Cc1ccc(-c3ccccc3F)s1)CC2.